The Kier molecular flexibility index (Phi) is 6.66. The van der Waals surface area contributed by atoms with Crippen LogP contribution >= 0.6 is 0 Å². The van der Waals surface area contributed by atoms with Crippen LogP contribution in [0.15, 0.2) is 47.7 Å². The van der Waals surface area contributed by atoms with Gasteiger partial charge in [0.1, 0.15) is 5.70 Å². The number of allylic oxidation sites excluding steroid dienone is 2. The van der Waals surface area contributed by atoms with Crippen molar-refractivity contribution in [2.75, 3.05) is 49.1 Å². The summed E-state index contributed by atoms with van der Waals surface area (Å²) in [5, 5.41) is 0. The molecule has 0 radical (unpaired) electrons. The minimum absolute atomic E-state index is 0.0935. The summed E-state index contributed by atoms with van der Waals surface area (Å²) in [5.41, 5.74) is 2.70. The number of methoxy groups -OCH3 is 5. The molecule has 0 amide bonds. The van der Waals surface area contributed by atoms with E-state index in [1.165, 1.54) is 14.2 Å². The van der Waals surface area contributed by atoms with E-state index in [-0.39, 0.29) is 5.70 Å². The van der Waals surface area contributed by atoms with Crippen LogP contribution in [0, 0.1) is 0 Å². The molecule has 9 nitrogen and oxygen atoms in total. The van der Waals surface area contributed by atoms with Gasteiger partial charge in [0.05, 0.1) is 32.8 Å². The van der Waals surface area contributed by atoms with Gasteiger partial charge in [-0.2, -0.15) is 0 Å². The molecule has 0 spiro atoms. The van der Waals surface area contributed by atoms with Gasteiger partial charge in [-0.3, -0.25) is 0 Å². The quantitative estimate of drug-likeness (QED) is 0.297. The first kappa shape index (κ1) is 24.8. The first-order valence-corrected chi connectivity index (χ1v) is 11.3. The highest BCUT2D eigenvalue weighted by atomic mass is 16.7. The minimum Gasteiger partial charge on any atom is -0.493 e. The molecule has 1 heterocycles. The Morgan fingerprint density at radius 1 is 1.14 bits per heavy atom. The van der Waals surface area contributed by atoms with Crippen molar-refractivity contribution < 1.29 is 38.0 Å². The van der Waals surface area contributed by atoms with E-state index in [9.17, 15) is 9.59 Å². The molecule has 2 aliphatic carbocycles. The molecule has 0 fully saturated rings. The maximum Gasteiger partial charge on any atom is 0.354 e. The lowest BCUT2D eigenvalue weighted by Crippen LogP contribution is -2.59. The predicted octanol–water partition coefficient (Wildman–Crippen LogP) is 2.29. The maximum absolute atomic E-state index is 12.4. The molecule has 0 saturated heterocycles. The summed E-state index contributed by atoms with van der Waals surface area (Å²) < 4.78 is 33.7. The molecule has 35 heavy (non-hydrogen) atoms. The first-order valence-electron chi connectivity index (χ1n) is 11.3. The second kappa shape index (κ2) is 9.39. The van der Waals surface area contributed by atoms with Crippen molar-refractivity contribution in [2.24, 2.45) is 0 Å². The Hall–Kier alpha value is -3.30. The van der Waals surface area contributed by atoms with Crippen LogP contribution in [0.2, 0.25) is 0 Å². The molecule has 4 rings (SSSR count). The maximum atomic E-state index is 12.4. The van der Waals surface area contributed by atoms with Crippen LogP contribution in [-0.4, -0.2) is 77.9 Å². The lowest BCUT2D eigenvalue weighted by Gasteiger charge is -2.48. The van der Waals surface area contributed by atoms with E-state index >= 15 is 0 Å². The molecule has 0 bridgehead atoms. The second-order valence-corrected chi connectivity index (χ2v) is 8.64. The normalized spacial score (nSPS) is 23.1. The van der Waals surface area contributed by atoms with Crippen LogP contribution < -0.4 is 9.47 Å². The number of hydrogen-bond donors (Lipinski definition) is 0. The van der Waals surface area contributed by atoms with E-state index in [4.69, 9.17) is 28.4 Å². The van der Waals surface area contributed by atoms with E-state index < -0.39 is 29.2 Å². The van der Waals surface area contributed by atoms with Crippen molar-refractivity contribution >= 4 is 11.9 Å². The molecule has 2 atom stereocenters. The fourth-order valence-electron chi connectivity index (χ4n) is 5.42. The van der Waals surface area contributed by atoms with Gasteiger partial charge in [0.15, 0.2) is 17.6 Å². The van der Waals surface area contributed by atoms with Crippen molar-refractivity contribution in [3.63, 3.8) is 0 Å². The number of carbonyl (C=O) groups is 2. The Balaban J connectivity index is 1.81. The number of rotatable bonds is 9. The monoisotopic (exact) mass is 485 g/mol. The predicted molar refractivity (Wildman–Crippen MR) is 126 cm³/mol. The molecule has 0 aromatic heterocycles. The highest BCUT2D eigenvalue weighted by Gasteiger charge is 2.64. The molecule has 9 heteroatoms. The Morgan fingerprint density at radius 2 is 1.89 bits per heavy atom. The van der Waals surface area contributed by atoms with Gasteiger partial charge in [-0.05, 0) is 36.1 Å². The smallest absolute Gasteiger partial charge is 0.354 e. The lowest BCUT2D eigenvalue weighted by molar-refractivity contribution is -0.229. The summed E-state index contributed by atoms with van der Waals surface area (Å²) >= 11 is 0. The van der Waals surface area contributed by atoms with Gasteiger partial charge in [-0.25, -0.2) is 9.59 Å². The zero-order valence-corrected chi connectivity index (χ0v) is 20.9. The SMILES string of the molecule is COC(=O)/C=C(\C(=O)OC)N(C)CC[C@]12C3=CCc4ccc(OC)c(c41)O[C@H]2C(OC)(OC)C=C3. The van der Waals surface area contributed by atoms with Gasteiger partial charge in [0.25, 0.3) is 0 Å². The molecule has 1 aliphatic heterocycles. The highest BCUT2D eigenvalue weighted by Crippen LogP contribution is 2.61. The van der Waals surface area contributed by atoms with Crippen molar-refractivity contribution in [1.29, 1.82) is 0 Å². The molecule has 188 valence electrons. The molecule has 1 aromatic rings. The third-order valence-electron chi connectivity index (χ3n) is 7.22. The van der Waals surface area contributed by atoms with E-state index in [0.29, 0.717) is 24.5 Å². The third kappa shape index (κ3) is 3.70. The lowest BCUT2D eigenvalue weighted by atomic mass is 9.60. The molecular formula is C26H31NO8. The van der Waals surface area contributed by atoms with E-state index in [1.807, 2.05) is 18.2 Å². The summed E-state index contributed by atoms with van der Waals surface area (Å²) in [7, 11) is 9.04. The summed E-state index contributed by atoms with van der Waals surface area (Å²) in [4.78, 5) is 26.1. The van der Waals surface area contributed by atoms with Gasteiger partial charge in [-0.15, -0.1) is 0 Å². The number of likely N-dealkylation sites (N-methyl/N-ethyl adjacent to an activating group) is 1. The standard InChI is InChI=1S/C26H31NO8/c1-27(18(23(29)32-4)15-20(28)31-3)14-13-25-17-9-7-16-8-10-19(30-2)22(21(16)25)35-24(25)26(33-5,34-6)12-11-17/h8-12,15,24H,7,13-14H2,1-6H3/b18-15+/t24-,25+/m1/s1. The van der Waals surface area contributed by atoms with Crippen LogP contribution in [-0.2, 0) is 40.4 Å². The molecule has 3 aliphatic rings. The zero-order valence-electron chi connectivity index (χ0n) is 20.9. The van der Waals surface area contributed by atoms with Crippen LogP contribution in [0.25, 0.3) is 0 Å². The Labute approximate surface area is 204 Å². The van der Waals surface area contributed by atoms with E-state index in [0.717, 1.165) is 29.2 Å². The van der Waals surface area contributed by atoms with E-state index in [2.05, 4.69) is 12.1 Å². The van der Waals surface area contributed by atoms with Gasteiger partial charge in [-0.1, -0.05) is 18.2 Å². The van der Waals surface area contributed by atoms with Crippen molar-refractivity contribution in [1.82, 2.24) is 4.90 Å². The fourth-order valence-corrected chi connectivity index (χ4v) is 5.42. The summed E-state index contributed by atoms with van der Waals surface area (Å²) in [6.07, 6.45) is 7.96. The van der Waals surface area contributed by atoms with Crippen molar-refractivity contribution in [3.8, 4) is 11.5 Å². The van der Waals surface area contributed by atoms with Gasteiger partial charge in [0.2, 0.25) is 5.79 Å². The fraction of sp³-hybridized carbons (Fsp3) is 0.462. The number of carbonyl (C=O) groups excluding carboxylic acids is 2. The Morgan fingerprint density at radius 3 is 2.51 bits per heavy atom. The van der Waals surface area contributed by atoms with Crippen LogP contribution in [0.5, 0.6) is 11.5 Å². The molecule has 0 unspecified atom stereocenters. The topological polar surface area (TPSA) is 92.8 Å². The van der Waals surface area contributed by atoms with Crippen LogP contribution in [0.4, 0.5) is 0 Å². The minimum atomic E-state index is -1.14. The van der Waals surface area contributed by atoms with Gasteiger partial charge >= 0.3 is 11.9 Å². The molecular weight excluding hydrogens is 454 g/mol. The zero-order chi connectivity index (χ0) is 25.4. The largest absolute Gasteiger partial charge is 0.493 e. The van der Waals surface area contributed by atoms with Crippen molar-refractivity contribution in [2.45, 2.75) is 30.1 Å². The number of esters is 2. The first-order chi connectivity index (χ1) is 16.8. The third-order valence-corrected chi connectivity index (χ3v) is 7.22. The summed E-state index contributed by atoms with van der Waals surface area (Å²) in [5.74, 6) is -1.11. The highest BCUT2D eigenvalue weighted by molar-refractivity contribution is 5.95. The van der Waals surface area contributed by atoms with Crippen LogP contribution in [0.1, 0.15) is 17.5 Å². The number of nitrogens with zero attached hydrogens (tertiary/aromatic N) is 1. The summed E-state index contributed by atoms with van der Waals surface area (Å²) in [6, 6.07) is 3.96. The van der Waals surface area contributed by atoms with Crippen LogP contribution in [0.3, 0.4) is 0 Å². The molecule has 1 aromatic carbocycles. The van der Waals surface area contributed by atoms with Gasteiger partial charge < -0.3 is 33.3 Å². The number of benzene rings is 1. The van der Waals surface area contributed by atoms with Crippen molar-refractivity contribution in [3.05, 3.63) is 58.8 Å². The van der Waals surface area contributed by atoms with E-state index in [1.54, 1.807) is 33.3 Å². The number of ether oxygens (including phenoxy) is 6. The molecule has 0 saturated carbocycles. The average molecular weight is 486 g/mol. The summed E-state index contributed by atoms with van der Waals surface area (Å²) in [6.45, 7) is 0.391. The van der Waals surface area contributed by atoms with Gasteiger partial charge in [0, 0.05) is 33.4 Å². The average Bonchev–Trinajstić information content (AvgIpc) is 3.26. The Bertz CT molecular complexity index is 1120. The molecule has 0 N–H and O–H groups in total. The second-order valence-electron chi connectivity index (χ2n) is 8.64. The number of hydrogen-bond acceptors (Lipinski definition) is 9.